The van der Waals surface area contributed by atoms with Gasteiger partial charge in [0, 0.05) is 4.47 Å². The van der Waals surface area contributed by atoms with Crippen LogP contribution in [0.2, 0.25) is 0 Å². The van der Waals surface area contributed by atoms with E-state index in [0.717, 1.165) is 15.5 Å². The standard InChI is InChI=1S/C16H13BrN2O2/c1-2-21-15-8-7-11(17)9-12(15)16(20)19-10-18-13-5-3-4-6-14(13)19/h3-10H,2H2,1H3. The molecular formula is C16H13BrN2O2. The number of imidazole rings is 1. The largest absolute Gasteiger partial charge is 0.493 e. The van der Waals surface area contributed by atoms with Gasteiger partial charge in [0.2, 0.25) is 0 Å². The van der Waals surface area contributed by atoms with E-state index < -0.39 is 0 Å². The van der Waals surface area contributed by atoms with E-state index in [-0.39, 0.29) is 5.91 Å². The molecule has 3 rings (SSSR count). The van der Waals surface area contributed by atoms with Crippen molar-refractivity contribution in [3.05, 3.63) is 58.8 Å². The highest BCUT2D eigenvalue weighted by Crippen LogP contribution is 2.25. The maximum Gasteiger partial charge on any atom is 0.267 e. The van der Waals surface area contributed by atoms with Crippen molar-refractivity contribution in [3.63, 3.8) is 0 Å². The minimum Gasteiger partial charge on any atom is -0.493 e. The molecule has 4 nitrogen and oxygen atoms in total. The minimum absolute atomic E-state index is 0.159. The van der Waals surface area contributed by atoms with Crippen LogP contribution >= 0.6 is 15.9 Å². The van der Waals surface area contributed by atoms with Crippen molar-refractivity contribution < 1.29 is 9.53 Å². The summed E-state index contributed by atoms with van der Waals surface area (Å²) in [4.78, 5) is 17.0. The maximum atomic E-state index is 12.8. The van der Waals surface area contributed by atoms with E-state index in [1.165, 1.54) is 0 Å². The molecule has 1 heterocycles. The molecule has 0 aliphatic heterocycles. The molecule has 3 aromatic rings. The first-order valence-corrected chi connectivity index (χ1v) is 7.39. The van der Waals surface area contributed by atoms with E-state index in [0.29, 0.717) is 17.9 Å². The number of aromatic nitrogens is 2. The van der Waals surface area contributed by atoms with Crippen molar-refractivity contribution in [2.75, 3.05) is 6.61 Å². The van der Waals surface area contributed by atoms with Gasteiger partial charge in [-0.3, -0.25) is 9.36 Å². The molecule has 0 N–H and O–H groups in total. The first kappa shape index (κ1) is 13.8. The van der Waals surface area contributed by atoms with E-state index in [1.54, 1.807) is 23.0 Å². The summed E-state index contributed by atoms with van der Waals surface area (Å²) < 4.78 is 7.92. The summed E-state index contributed by atoms with van der Waals surface area (Å²) >= 11 is 3.40. The first-order chi connectivity index (χ1) is 10.2. The second-order valence-electron chi connectivity index (χ2n) is 4.48. The Morgan fingerprint density at radius 2 is 2.10 bits per heavy atom. The number of carbonyl (C=O) groups is 1. The highest BCUT2D eigenvalue weighted by Gasteiger charge is 2.17. The molecular weight excluding hydrogens is 332 g/mol. The van der Waals surface area contributed by atoms with Crippen LogP contribution in [0.1, 0.15) is 17.3 Å². The molecule has 0 aliphatic carbocycles. The molecule has 0 saturated heterocycles. The van der Waals surface area contributed by atoms with Crippen LogP contribution in [0.5, 0.6) is 5.75 Å². The summed E-state index contributed by atoms with van der Waals surface area (Å²) in [5.74, 6) is 0.414. The third-order valence-corrected chi connectivity index (χ3v) is 3.64. The molecule has 0 saturated carbocycles. The molecule has 0 amide bonds. The Labute approximate surface area is 130 Å². The monoisotopic (exact) mass is 344 g/mol. The van der Waals surface area contributed by atoms with Gasteiger partial charge in [-0.2, -0.15) is 0 Å². The summed E-state index contributed by atoms with van der Waals surface area (Å²) in [7, 11) is 0. The van der Waals surface area contributed by atoms with Gasteiger partial charge < -0.3 is 4.74 Å². The Morgan fingerprint density at radius 1 is 1.29 bits per heavy atom. The van der Waals surface area contributed by atoms with E-state index in [1.807, 2.05) is 37.3 Å². The lowest BCUT2D eigenvalue weighted by atomic mass is 10.2. The van der Waals surface area contributed by atoms with Crippen LogP contribution in [-0.2, 0) is 0 Å². The number of fused-ring (bicyclic) bond motifs is 1. The summed E-state index contributed by atoms with van der Waals surface area (Å²) in [6.07, 6.45) is 1.55. The molecule has 0 radical (unpaired) electrons. The number of hydrogen-bond acceptors (Lipinski definition) is 3. The van der Waals surface area contributed by atoms with Gasteiger partial charge in [-0.25, -0.2) is 4.98 Å². The third kappa shape index (κ3) is 2.56. The second kappa shape index (κ2) is 5.69. The van der Waals surface area contributed by atoms with E-state index in [4.69, 9.17) is 4.74 Å². The number of rotatable bonds is 3. The molecule has 21 heavy (non-hydrogen) atoms. The van der Waals surface area contributed by atoms with Gasteiger partial charge in [0.15, 0.2) is 0 Å². The van der Waals surface area contributed by atoms with Gasteiger partial charge in [0.1, 0.15) is 12.1 Å². The van der Waals surface area contributed by atoms with Gasteiger partial charge in [-0.05, 0) is 37.3 Å². The SMILES string of the molecule is CCOc1ccc(Br)cc1C(=O)n1cnc2ccccc21. The lowest BCUT2D eigenvalue weighted by Gasteiger charge is -2.10. The maximum absolute atomic E-state index is 12.8. The Balaban J connectivity index is 2.12. The molecule has 0 fully saturated rings. The van der Waals surface area contributed by atoms with Crippen molar-refractivity contribution in [1.82, 2.24) is 9.55 Å². The van der Waals surface area contributed by atoms with E-state index >= 15 is 0 Å². The summed E-state index contributed by atoms with van der Waals surface area (Å²) in [5, 5.41) is 0. The number of benzene rings is 2. The Kier molecular flexibility index (Phi) is 3.75. The highest BCUT2D eigenvalue weighted by atomic mass is 79.9. The summed E-state index contributed by atoms with van der Waals surface area (Å²) in [5.41, 5.74) is 2.08. The number of hydrogen-bond donors (Lipinski definition) is 0. The van der Waals surface area contributed by atoms with Crippen LogP contribution in [0, 0.1) is 0 Å². The number of para-hydroxylation sites is 2. The fraction of sp³-hybridized carbons (Fsp3) is 0.125. The van der Waals surface area contributed by atoms with Gasteiger partial charge in [0.25, 0.3) is 5.91 Å². The van der Waals surface area contributed by atoms with Crippen LogP contribution in [0.25, 0.3) is 11.0 Å². The normalized spacial score (nSPS) is 10.8. The fourth-order valence-corrected chi connectivity index (χ4v) is 2.56. The fourth-order valence-electron chi connectivity index (χ4n) is 2.20. The molecule has 5 heteroatoms. The predicted octanol–water partition coefficient (Wildman–Crippen LogP) is 3.89. The summed E-state index contributed by atoms with van der Waals surface area (Å²) in [6, 6.07) is 12.9. The minimum atomic E-state index is -0.159. The van der Waals surface area contributed by atoms with E-state index in [2.05, 4.69) is 20.9 Å². The van der Waals surface area contributed by atoms with Crippen molar-refractivity contribution in [2.45, 2.75) is 6.92 Å². The Morgan fingerprint density at radius 3 is 2.90 bits per heavy atom. The van der Waals surface area contributed by atoms with Crippen LogP contribution < -0.4 is 4.74 Å². The molecule has 0 unspecified atom stereocenters. The van der Waals surface area contributed by atoms with Crippen molar-refractivity contribution in [3.8, 4) is 5.75 Å². The molecule has 1 aromatic heterocycles. The molecule has 2 aromatic carbocycles. The number of nitrogens with zero attached hydrogens (tertiary/aromatic N) is 2. The zero-order chi connectivity index (χ0) is 14.8. The van der Waals surface area contributed by atoms with Crippen molar-refractivity contribution in [2.24, 2.45) is 0 Å². The van der Waals surface area contributed by atoms with Gasteiger partial charge >= 0.3 is 0 Å². The second-order valence-corrected chi connectivity index (χ2v) is 5.40. The van der Waals surface area contributed by atoms with Crippen LogP contribution in [0.15, 0.2) is 53.3 Å². The topological polar surface area (TPSA) is 44.1 Å². The number of carbonyl (C=O) groups excluding carboxylic acids is 1. The van der Waals surface area contributed by atoms with Gasteiger partial charge in [0.05, 0.1) is 23.2 Å². The van der Waals surface area contributed by atoms with Crippen LogP contribution in [-0.4, -0.2) is 22.1 Å². The molecule has 106 valence electrons. The summed E-state index contributed by atoms with van der Waals surface area (Å²) in [6.45, 7) is 2.40. The molecule has 0 atom stereocenters. The third-order valence-electron chi connectivity index (χ3n) is 3.14. The number of ether oxygens (including phenoxy) is 1. The molecule has 0 spiro atoms. The van der Waals surface area contributed by atoms with Gasteiger partial charge in [-0.1, -0.05) is 28.1 Å². The smallest absolute Gasteiger partial charge is 0.267 e. The average Bonchev–Trinajstić information content (AvgIpc) is 2.92. The zero-order valence-corrected chi connectivity index (χ0v) is 13.0. The van der Waals surface area contributed by atoms with E-state index in [9.17, 15) is 4.79 Å². The lowest BCUT2D eigenvalue weighted by molar-refractivity contribution is 0.0960. The van der Waals surface area contributed by atoms with Crippen LogP contribution in [0.4, 0.5) is 0 Å². The average molecular weight is 345 g/mol. The quantitative estimate of drug-likeness (QED) is 0.724. The predicted molar refractivity (Wildman–Crippen MR) is 84.8 cm³/mol. The first-order valence-electron chi connectivity index (χ1n) is 6.60. The molecule has 0 aliphatic rings. The Bertz CT molecular complexity index is 811. The highest BCUT2D eigenvalue weighted by molar-refractivity contribution is 9.10. The van der Waals surface area contributed by atoms with Gasteiger partial charge in [-0.15, -0.1) is 0 Å². The molecule has 0 bridgehead atoms. The van der Waals surface area contributed by atoms with Crippen molar-refractivity contribution in [1.29, 1.82) is 0 Å². The van der Waals surface area contributed by atoms with Crippen molar-refractivity contribution >= 4 is 32.9 Å². The lowest BCUT2D eigenvalue weighted by Crippen LogP contribution is -2.12. The zero-order valence-electron chi connectivity index (χ0n) is 11.4. The Hall–Kier alpha value is -2.14. The number of halogens is 1. The van der Waals surface area contributed by atoms with Crippen LogP contribution in [0.3, 0.4) is 0 Å².